The minimum atomic E-state index is -2.94. The summed E-state index contributed by atoms with van der Waals surface area (Å²) < 4.78 is 17.9. The molecule has 0 aromatic heterocycles. The van der Waals surface area contributed by atoms with Crippen molar-refractivity contribution in [2.45, 2.75) is 0 Å². The smallest absolute Gasteiger partial charge is 0.382 e. The van der Waals surface area contributed by atoms with Crippen molar-refractivity contribution >= 4 is 34.6 Å². The van der Waals surface area contributed by atoms with Crippen molar-refractivity contribution in [2.24, 2.45) is 0 Å². The summed E-state index contributed by atoms with van der Waals surface area (Å²) in [5.41, 5.74) is 0. The predicted octanol–water partition coefficient (Wildman–Crippen LogP) is 2.02. The van der Waals surface area contributed by atoms with Crippen LogP contribution >= 0.6 is 7.37 Å². The van der Waals surface area contributed by atoms with Gasteiger partial charge in [0.15, 0.2) is 0 Å². The lowest BCUT2D eigenvalue weighted by Crippen LogP contribution is -2.17. The average Bonchev–Trinajstić information content (AvgIpc) is 2.40. The number of rotatable bonds is 3. The van der Waals surface area contributed by atoms with Gasteiger partial charge in [-0.1, -0.05) is 36.4 Å². The van der Waals surface area contributed by atoms with Gasteiger partial charge >= 0.3 is 16.6 Å². The fourth-order valence-electron chi connectivity index (χ4n) is 1.52. The van der Waals surface area contributed by atoms with Crippen molar-refractivity contribution in [3.63, 3.8) is 0 Å². The Morgan fingerprint density at radius 2 is 1.19 bits per heavy atom. The third-order valence-electron chi connectivity index (χ3n) is 2.34. The van der Waals surface area contributed by atoms with Crippen molar-refractivity contribution in [1.29, 1.82) is 0 Å². The van der Waals surface area contributed by atoms with Crippen LogP contribution in [-0.2, 0) is 8.14 Å². The second-order valence-electron chi connectivity index (χ2n) is 3.33. The molecule has 0 aliphatic carbocycles. The molecule has 0 spiro atoms. The van der Waals surface area contributed by atoms with Gasteiger partial charge in [-0.25, -0.2) is 0 Å². The first kappa shape index (κ1) is 11.6. The summed E-state index contributed by atoms with van der Waals surface area (Å²) in [7, 11) is -2.94. The van der Waals surface area contributed by atoms with Crippen LogP contribution in [0, 0.1) is 0 Å². The summed E-state index contributed by atoms with van der Waals surface area (Å²) in [4.78, 5) is 0. The molecule has 2 nitrogen and oxygen atoms in total. The molecule has 4 heteroatoms. The fourth-order valence-corrected chi connectivity index (χ4v) is 3.92. The van der Waals surface area contributed by atoms with Gasteiger partial charge in [0.05, 0.1) is 0 Å². The van der Waals surface area contributed by atoms with E-state index in [1.54, 1.807) is 0 Å². The highest BCUT2D eigenvalue weighted by Gasteiger charge is 2.24. The summed E-state index contributed by atoms with van der Waals surface area (Å²) in [6.45, 7) is 0. The standard InChI is InChI=1S/C12H11O2P.Al/c13-15(14,11-7-3-1-4-8-11)12-9-5-2-6-10-12;/h1-10H,(H,13,14);/q;+1/p-1. The first-order valence-electron chi connectivity index (χ1n) is 4.87. The first-order valence-corrected chi connectivity index (χ1v) is 6.97. The molecular weight excluding hydrogens is 234 g/mol. The van der Waals surface area contributed by atoms with E-state index in [2.05, 4.69) is 16.6 Å². The van der Waals surface area contributed by atoms with Gasteiger partial charge in [-0.05, 0) is 24.3 Å². The monoisotopic (exact) mass is 244 g/mol. The van der Waals surface area contributed by atoms with Crippen molar-refractivity contribution in [3.8, 4) is 0 Å². The molecule has 0 N–H and O–H groups in total. The minimum Gasteiger partial charge on any atom is -0.468 e. The van der Waals surface area contributed by atoms with Crippen molar-refractivity contribution < 1.29 is 8.14 Å². The van der Waals surface area contributed by atoms with E-state index in [9.17, 15) is 4.57 Å². The average molecular weight is 244 g/mol. The molecule has 0 aliphatic heterocycles. The Morgan fingerprint density at radius 1 is 0.812 bits per heavy atom. The van der Waals surface area contributed by atoms with Crippen LogP contribution in [0.2, 0.25) is 0 Å². The molecule has 2 aromatic carbocycles. The Bertz CT molecular complexity index is 455. The molecule has 2 radical (unpaired) electrons. The van der Waals surface area contributed by atoms with Crippen LogP contribution in [-0.4, -0.2) is 16.6 Å². The molecule has 0 fully saturated rings. The number of benzene rings is 2. The van der Waals surface area contributed by atoms with Crippen LogP contribution in [0.15, 0.2) is 60.7 Å². The van der Waals surface area contributed by atoms with E-state index in [1.807, 2.05) is 60.7 Å². The maximum Gasteiger partial charge on any atom is 0.382 e. The minimum absolute atomic E-state index is 0.705. The SMILES string of the molecule is O=P([O][Al])(c1ccccc1)c1ccccc1. The zero-order valence-electron chi connectivity index (χ0n) is 8.61. The van der Waals surface area contributed by atoms with Crippen LogP contribution < -0.4 is 10.6 Å². The van der Waals surface area contributed by atoms with E-state index in [0.29, 0.717) is 10.6 Å². The molecule has 0 aliphatic rings. The second kappa shape index (κ2) is 5.00. The second-order valence-corrected chi connectivity index (χ2v) is 6.31. The normalized spacial score (nSPS) is 11.2. The molecule has 0 bridgehead atoms. The third kappa shape index (κ3) is 2.14. The zero-order valence-corrected chi connectivity index (χ0v) is 10.7. The third-order valence-corrected chi connectivity index (χ3v) is 5.48. The first-order chi connectivity index (χ1) is 7.77. The molecule has 0 saturated heterocycles. The Kier molecular flexibility index (Phi) is 3.63. The molecule has 0 heterocycles. The number of hydrogen-bond donors (Lipinski definition) is 0. The molecule has 16 heavy (non-hydrogen) atoms. The molecule has 2 aromatic rings. The fraction of sp³-hybridized carbons (Fsp3) is 0. The molecule has 2 rings (SSSR count). The summed E-state index contributed by atoms with van der Waals surface area (Å²) in [5.74, 6) is 0. The summed E-state index contributed by atoms with van der Waals surface area (Å²) in [5, 5.41) is 1.41. The Morgan fingerprint density at radius 3 is 1.50 bits per heavy atom. The van der Waals surface area contributed by atoms with Gasteiger partial charge in [-0.2, -0.15) is 0 Å². The van der Waals surface area contributed by atoms with Gasteiger partial charge in [0.1, 0.15) is 0 Å². The molecular formula is C12H10AlO2P. The van der Waals surface area contributed by atoms with Gasteiger partial charge in [0.25, 0.3) is 0 Å². The zero-order chi connectivity index (χ0) is 11.4. The summed E-state index contributed by atoms with van der Waals surface area (Å²) >= 11 is 2.11. The van der Waals surface area contributed by atoms with Crippen LogP contribution in [0.4, 0.5) is 0 Å². The highest BCUT2D eigenvalue weighted by atomic mass is 31.2. The van der Waals surface area contributed by atoms with Crippen molar-refractivity contribution in [3.05, 3.63) is 60.7 Å². The quantitative estimate of drug-likeness (QED) is 0.610. The maximum atomic E-state index is 12.7. The lowest BCUT2D eigenvalue weighted by Gasteiger charge is -2.18. The largest absolute Gasteiger partial charge is 0.468 e. The summed E-state index contributed by atoms with van der Waals surface area (Å²) in [6.07, 6.45) is 0. The molecule has 0 unspecified atom stereocenters. The molecule has 0 amide bonds. The van der Waals surface area contributed by atoms with E-state index in [-0.39, 0.29) is 0 Å². The van der Waals surface area contributed by atoms with Crippen molar-refractivity contribution in [2.75, 3.05) is 0 Å². The Labute approximate surface area is 103 Å². The van der Waals surface area contributed by atoms with E-state index in [4.69, 9.17) is 3.58 Å². The van der Waals surface area contributed by atoms with Crippen molar-refractivity contribution in [1.82, 2.24) is 0 Å². The van der Waals surface area contributed by atoms with Gasteiger partial charge in [-0.3, -0.25) is 4.57 Å². The topological polar surface area (TPSA) is 26.3 Å². The van der Waals surface area contributed by atoms with Gasteiger partial charge in [-0.15, -0.1) is 0 Å². The van der Waals surface area contributed by atoms with E-state index >= 15 is 0 Å². The summed E-state index contributed by atoms with van der Waals surface area (Å²) in [6, 6.07) is 18.5. The highest BCUT2D eigenvalue weighted by molar-refractivity contribution is 7.75. The predicted molar refractivity (Wildman–Crippen MR) is 66.6 cm³/mol. The van der Waals surface area contributed by atoms with E-state index < -0.39 is 7.37 Å². The Balaban J connectivity index is 2.54. The molecule has 0 saturated carbocycles. The van der Waals surface area contributed by atoms with Crippen LogP contribution in [0.3, 0.4) is 0 Å². The number of hydrogen-bond acceptors (Lipinski definition) is 2. The lowest BCUT2D eigenvalue weighted by atomic mass is 10.4. The van der Waals surface area contributed by atoms with Gasteiger partial charge < -0.3 is 3.58 Å². The van der Waals surface area contributed by atoms with E-state index in [1.165, 1.54) is 0 Å². The van der Waals surface area contributed by atoms with Crippen LogP contribution in [0.5, 0.6) is 0 Å². The molecule has 0 atom stereocenters. The Hall–Kier alpha value is -0.838. The van der Waals surface area contributed by atoms with Crippen LogP contribution in [0.25, 0.3) is 0 Å². The van der Waals surface area contributed by atoms with E-state index in [0.717, 1.165) is 0 Å². The highest BCUT2D eigenvalue weighted by Crippen LogP contribution is 2.42. The molecule has 78 valence electrons. The van der Waals surface area contributed by atoms with Crippen LogP contribution in [0.1, 0.15) is 0 Å². The lowest BCUT2D eigenvalue weighted by molar-refractivity contribution is 0.523. The van der Waals surface area contributed by atoms with Gasteiger partial charge in [0.2, 0.25) is 7.37 Å². The van der Waals surface area contributed by atoms with Gasteiger partial charge in [0, 0.05) is 10.6 Å². The maximum absolute atomic E-state index is 12.7.